The standard InChI is InChI=1S/C15H23F3N4O/c1-10(2)22-13(6-7-20-22)8-19-12-4-5-14(15(16,17)18)21(9-12)11(3)23/h6-7,10,12,14,19H,4-5,8-9H2,1-3H3. The molecular formula is C15H23F3N4O. The molecule has 1 fully saturated rings. The van der Waals surface area contributed by atoms with Crippen molar-refractivity contribution >= 4 is 5.91 Å². The van der Waals surface area contributed by atoms with Gasteiger partial charge in [0.05, 0.1) is 5.69 Å². The first kappa shape index (κ1) is 17.8. The van der Waals surface area contributed by atoms with E-state index < -0.39 is 18.1 Å². The first-order chi connectivity index (χ1) is 10.7. The molecule has 0 aromatic carbocycles. The molecule has 2 heterocycles. The molecule has 0 spiro atoms. The Bertz CT molecular complexity index is 541. The number of nitrogens with zero attached hydrogens (tertiary/aromatic N) is 3. The van der Waals surface area contributed by atoms with Crippen molar-refractivity contribution in [3.63, 3.8) is 0 Å². The highest BCUT2D eigenvalue weighted by molar-refractivity contribution is 5.73. The molecule has 23 heavy (non-hydrogen) atoms. The third kappa shape index (κ3) is 4.25. The van der Waals surface area contributed by atoms with Crippen molar-refractivity contribution in [2.24, 2.45) is 0 Å². The lowest BCUT2D eigenvalue weighted by molar-refractivity contribution is -0.196. The van der Waals surface area contributed by atoms with Crippen LogP contribution in [-0.2, 0) is 11.3 Å². The molecule has 1 saturated heterocycles. The minimum Gasteiger partial charge on any atom is -0.329 e. The number of aromatic nitrogens is 2. The highest BCUT2D eigenvalue weighted by Gasteiger charge is 2.47. The first-order valence-electron chi connectivity index (χ1n) is 7.80. The van der Waals surface area contributed by atoms with Gasteiger partial charge in [0.15, 0.2) is 0 Å². The normalized spacial score (nSPS) is 22.7. The Morgan fingerprint density at radius 3 is 2.70 bits per heavy atom. The van der Waals surface area contributed by atoms with Crippen LogP contribution in [0.25, 0.3) is 0 Å². The summed E-state index contributed by atoms with van der Waals surface area (Å²) in [5, 5.41) is 7.48. The molecule has 130 valence electrons. The zero-order valence-corrected chi connectivity index (χ0v) is 13.6. The molecule has 0 aliphatic carbocycles. The Morgan fingerprint density at radius 1 is 1.43 bits per heavy atom. The van der Waals surface area contributed by atoms with Crippen molar-refractivity contribution in [1.29, 1.82) is 0 Å². The second-order valence-electron chi connectivity index (χ2n) is 6.24. The van der Waals surface area contributed by atoms with E-state index in [1.807, 2.05) is 24.6 Å². The van der Waals surface area contributed by atoms with Crippen molar-refractivity contribution < 1.29 is 18.0 Å². The van der Waals surface area contributed by atoms with E-state index in [4.69, 9.17) is 0 Å². The van der Waals surface area contributed by atoms with Gasteiger partial charge in [-0.3, -0.25) is 9.48 Å². The van der Waals surface area contributed by atoms with Crippen molar-refractivity contribution in [2.75, 3.05) is 6.54 Å². The molecule has 2 rings (SSSR count). The molecule has 1 aliphatic rings. The summed E-state index contributed by atoms with van der Waals surface area (Å²) in [7, 11) is 0. The molecule has 5 nitrogen and oxygen atoms in total. The van der Waals surface area contributed by atoms with Crippen molar-refractivity contribution in [1.82, 2.24) is 20.0 Å². The van der Waals surface area contributed by atoms with Crippen LogP contribution >= 0.6 is 0 Å². The number of hydrogen-bond acceptors (Lipinski definition) is 3. The van der Waals surface area contributed by atoms with Gasteiger partial charge in [-0.05, 0) is 32.8 Å². The molecular weight excluding hydrogens is 309 g/mol. The molecule has 1 amide bonds. The summed E-state index contributed by atoms with van der Waals surface area (Å²) < 4.78 is 40.9. The van der Waals surface area contributed by atoms with Crippen molar-refractivity contribution in [3.05, 3.63) is 18.0 Å². The van der Waals surface area contributed by atoms with Gasteiger partial charge in [0.25, 0.3) is 0 Å². The fourth-order valence-electron chi connectivity index (χ4n) is 3.02. The van der Waals surface area contributed by atoms with Crippen LogP contribution in [0.3, 0.4) is 0 Å². The van der Waals surface area contributed by atoms with Gasteiger partial charge in [-0.25, -0.2) is 0 Å². The number of hydrogen-bond donors (Lipinski definition) is 1. The Morgan fingerprint density at radius 2 is 2.13 bits per heavy atom. The zero-order chi connectivity index (χ0) is 17.2. The number of piperidine rings is 1. The van der Waals surface area contributed by atoms with Crippen LogP contribution in [0.1, 0.15) is 45.3 Å². The molecule has 1 N–H and O–H groups in total. The monoisotopic (exact) mass is 332 g/mol. The minimum atomic E-state index is -4.37. The molecule has 8 heteroatoms. The number of nitrogens with one attached hydrogen (secondary N) is 1. The predicted octanol–water partition coefficient (Wildman–Crippen LogP) is 2.50. The Kier molecular flexibility index (Phi) is 5.33. The van der Waals surface area contributed by atoms with Crippen LogP contribution in [0.15, 0.2) is 12.3 Å². The summed E-state index contributed by atoms with van der Waals surface area (Å²) in [4.78, 5) is 12.5. The molecule has 1 aromatic rings. The maximum Gasteiger partial charge on any atom is 0.408 e. The zero-order valence-electron chi connectivity index (χ0n) is 13.6. The summed E-state index contributed by atoms with van der Waals surface area (Å²) in [6, 6.07) is 0.292. The van der Waals surface area contributed by atoms with Gasteiger partial charge >= 0.3 is 6.18 Å². The lowest BCUT2D eigenvalue weighted by Gasteiger charge is -2.40. The summed E-state index contributed by atoms with van der Waals surface area (Å²) >= 11 is 0. The van der Waals surface area contributed by atoms with Gasteiger partial charge < -0.3 is 10.2 Å². The number of amides is 1. The lowest BCUT2D eigenvalue weighted by Crippen LogP contribution is -2.57. The van der Waals surface area contributed by atoms with Crippen molar-refractivity contribution in [3.8, 4) is 0 Å². The second kappa shape index (κ2) is 6.90. The molecule has 0 saturated carbocycles. The van der Waals surface area contributed by atoms with E-state index in [1.165, 1.54) is 6.92 Å². The van der Waals surface area contributed by atoms with Crippen LogP contribution in [-0.4, -0.2) is 45.4 Å². The van der Waals surface area contributed by atoms with E-state index >= 15 is 0 Å². The second-order valence-corrected chi connectivity index (χ2v) is 6.24. The predicted molar refractivity (Wildman–Crippen MR) is 79.7 cm³/mol. The summed E-state index contributed by atoms with van der Waals surface area (Å²) in [6.07, 6.45) is -2.33. The van der Waals surface area contributed by atoms with Crippen LogP contribution in [0.4, 0.5) is 13.2 Å². The topological polar surface area (TPSA) is 50.2 Å². The van der Waals surface area contributed by atoms with Crippen LogP contribution in [0, 0.1) is 0 Å². The van der Waals surface area contributed by atoms with E-state index in [2.05, 4.69) is 10.4 Å². The summed E-state index contributed by atoms with van der Waals surface area (Å²) in [6.45, 7) is 5.82. The maximum atomic E-state index is 13.0. The fraction of sp³-hybridized carbons (Fsp3) is 0.733. The molecule has 2 atom stereocenters. The maximum absolute atomic E-state index is 13.0. The van der Waals surface area contributed by atoms with E-state index in [0.717, 1.165) is 10.6 Å². The average Bonchev–Trinajstić information content (AvgIpc) is 2.92. The van der Waals surface area contributed by atoms with Gasteiger partial charge in [-0.1, -0.05) is 0 Å². The quantitative estimate of drug-likeness (QED) is 0.922. The smallest absolute Gasteiger partial charge is 0.329 e. The minimum absolute atomic E-state index is 0.0653. The third-order valence-electron chi connectivity index (χ3n) is 4.18. The van der Waals surface area contributed by atoms with Crippen LogP contribution in [0.5, 0.6) is 0 Å². The van der Waals surface area contributed by atoms with Gasteiger partial charge in [-0.15, -0.1) is 0 Å². The highest BCUT2D eigenvalue weighted by atomic mass is 19.4. The third-order valence-corrected chi connectivity index (χ3v) is 4.18. The van der Waals surface area contributed by atoms with Crippen molar-refractivity contribution in [2.45, 2.75) is 64.5 Å². The average molecular weight is 332 g/mol. The fourth-order valence-corrected chi connectivity index (χ4v) is 3.02. The van der Waals surface area contributed by atoms with E-state index in [-0.39, 0.29) is 25.0 Å². The molecule has 1 aliphatic heterocycles. The van der Waals surface area contributed by atoms with Crippen LogP contribution < -0.4 is 5.32 Å². The lowest BCUT2D eigenvalue weighted by atomic mass is 9.97. The van der Waals surface area contributed by atoms with E-state index in [0.29, 0.717) is 13.0 Å². The number of carbonyl (C=O) groups is 1. The van der Waals surface area contributed by atoms with E-state index in [1.54, 1.807) is 6.20 Å². The number of rotatable bonds is 4. The first-order valence-corrected chi connectivity index (χ1v) is 7.80. The van der Waals surface area contributed by atoms with Gasteiger partial charge in [0, 0.05) is 38.3 Å². The van der Waals surface area contributed by atoms with E-state index in [9.17, 15) is 18.0 Å². The van der Waals surface area contributed by atoms with Crippen LogP contribution in [0.2, 0.25) is 0 Å². The number of alkyl halides is 3. The van der Waals surface area contributed by atoms with Gasteiger partial charge in [0.2, 0.25) is 5.91 Å². The SMILES string of the molecule is CC(=O)N1CC(NCc2ccnn2C(C)C)CCC1C(F)(F)F. The Balaban J connectivity index is 1.98. The number of likely N-dealkylation sites (tertiary alicyclic amines) is 1. The Hall–Kier alpha value is -1.57. The molecule has 0 radical (unpaired) electrons. The highest BCUT2D eigenvalue weighted by Crippen LogP contribution is 2.32. The molecule has 1 aromatic heterocycles. The number of carbonyl (C=O) groups excluding carboxylic acids is 1. The number of halogens is 3. The van der Waals surface area contributed by atoms with Gasteiger partial charge in [-0.2, -0.15) is 18.3 Å². The largest absolute Gasteiger partial charge is 0.408 e. The Labute approximate surface area is 133 Å². The summed E-state index contributed by atoms with van der Waals surface area (Å²) in [5.41, 5.74) is 0.979. The summed E-state index contributed by atoms with van der Waals surface area (Å²) in [5.74, 6) is -0.536. The van der Waals surface area contributed by atoms with Gasteiger partial charge in [0.1, 0.15) is 6.04 Å². The molecule has 2 unspecified atom stereocenters. The molecule has 0 bridgehead atoms.